The van der Waals surface area contributed by atoms with Gasteiger partial charge >= 0.3 is 58.1 Å². The van der Waals surface area contributed by atoms with Gasteiger partial charge in [-0.1, -0.05) is 30.6 Å². The third kappa shape index (κ3) is 2.45. The van der Waals surface area contributed by atoms with Gasteiger partial charge in [0.25, 0.3) is 0 Å². The van der Waals surface area contributed by atoms with E-state index >= 15 is 0 Å². The van der Waals surface area contributed by atoms with Crippen molar-refractivity contribution >= 4 is 12.2 Å². The maximum atomic E-state index is 5.83. The van der Waals surface area contributed by atoms with E-state index in [1.54, 1.807) is 7.11 Å². The van der Waals surface area contributed by atoms with Crippen molar-refractivity contribution in [2.24, 2.45) is 5.41 Å². The Morgan fingerprint density at radius 2 is 1.67 bits per heavy atom. The van der Waals surface area contributed by atoms with Crippen molar-refractivity contribution in [2.45, 2.75) is 6.92 Å². The van der Waals surface area contributed by atoms with Crippen LogP contribution in [-0.2, 0) is 14.0 Å². The number of hydrogen-bond donors (Lipinski definition) is 0. The molecule has 0 spiro atoms. The number of hydrogen-bond acceptors (Lipinski definition) is 4. The molecule has 0 aliphatic carbocycles. The number of rotatable bonds is 2. The zero-order chi connectivity index (χ0) is 11.9. The second-order valence-corrected chi connectivity index (χ2v) is 5.13. The summed E-state index contributed by atoms with van der Waals surface area (Å²) in [7, 11) is 1.64. The topological polar surface area (TPSA) is 36.9 Å². The van der Waals surface area contributed by atoms with Crippen LogP contribution in [0.1, 0.15) is 6.92 Å². The zero-order valence-electron chi connectivity index (χ0n) is 11.1. The van der Waals surface area contributed by atoms with Gasteiger partial charge < -0.3 is 18.7 Å². The quantitative estimate of drug-likeness (QED) is 0.581. The Kier molecular flexibility index (Phi) is 4.61. The molecule has 0 saturated carbocycles. The van der Waals surface area contributed by atoms with Gasteiger partial charge in [0.15, 0.2) is 0 Å². The maximum absolute atomic E-state index is 5.83. The van der Waals surface area contributed by atoms with Crippen LogP contribution in [0, 0.1) is 5.41 Å². The molecule has 0 atom stereocenters. The summed E-state index contributed by atoms with van der Waals surface area (Å²) in [5.74, 6) is 0.748. The fourth-order valence-corrected chi connectivity index (χ4v) is 2.43. The first-order valence-corrected chi connectivity index (χ1v) is 5.86. The molecule has 0 aromatic heterocycles. The van der Waals surface area contributed by atoms with Gasteiger partial charge in [0.1, 0.15) is 0 Å². The van der Waals surface area contributed by atoms with Crippen molar-refractivity contribution in [3.05, 3.63) is 24.3 Å². The molecule has 3 aliphatic rings. The molecule has 1 aromatic carbocycles. The molecule has 0 N–H and O–H groups in total. The molecule has 3 heterocycles. The molecule has 1 aromatic rings. The summed E-state index contributed by atoms with van der Waals surface area (Å²) >= 11 is 0. The van der Waals surface area contributed by atoms with Crippen LogP contribution in [0.2, 0.25) is 0 Å². The van der Waals surface area contributed by atoms with Crippen LogP contribution in [0.5, 0.6) is 5.75 Å². The van der Waals surface area contributed by atoms with Gasteiger partial charge in [-0.05, 0) is 6.07 Å². The van der Waals surface area contributed by atoms with Crippen molar-refractivity contribution in [1.82, 2.24) is 0 Å². The van der Waals surface area contributed by atoms with Crippen molar-refractivity contribution in [3.8, 4) is 5.75 Å². The van der Waals surface area contributed by atoms with Gasteiger partial charge in [0.05, 0.1) is 12.9 Å². The minimum atomic E-state index is -1.81. The third-order valence-corrected chi connectivity index (χ3v) is 3.47. The Hall–Kier alpha value is 0.601. The molecule has 3 fully saturated rings. The fourth-order valence-electron chi connectivity index (χ4n) is 2.43. The van der Waals surface area contributed by atoms with E-state index in [0.29, 0.717) is 19.8 Å². The van der Waals surface area contributed by atoms with E-state index in [9.17, 15) is 0 Å². The molecule has 4 nitrogen and oxygen atoms in total. The summed E-state index contributed by atoms with van der Waals surface area (Å²) in [5, 5.41) is 0. The Balaban J connectivity index is 0.00000120. The first kappa shape index (κ1) is 15.0. The molecule has 18 heavy (non-hydrogen) atoms. The zero-order valence-corrected chi connectivity index (χ0v) is 14.3. The molecule has 6 heteroatoms. The van der Waals surface area contributed by atoms with E-state index in [0.717, 1.165) is 11.2 Å². The molecular formula is C12H16BKO4. The fraction of sp³-hybridized carbons (Fsp3) is 0.500. The molecule has 92 valence electrons. The van der Waals surface area contributed by atoms with Crippen LogP contribution in [0.3, 0.4) is 0 Å². The molecule has 3 saturated heterocycles. The number of fused-ring (bicyclic) bond motifs is 3. The molecule has 4 rings (SSSR count). The first-order valence-electron chi connectivity index (χ1n) is 5.86. The standard InChI is InChI=1S/C12H16BO4.K/c1-12-7-15-13(16-8-12,17-9-12)10-5-3-4-6-11(10)14-2;/h3-6H,7-9H2,1-2H3;/q-1;+1. The predicted molar refractivity (Wildman–Crippen MR) is 64.3 cm³/mol. The third-order valence-electron chi connectivity index (χ3n) is 3.47. The van der Waals surface area contributed by atoms with Crippen LogP contribution in [0.25, 0.3) is 0 Å². The average Bonchev–Trinajstić information content (AvgIpc) is 2.40. The molecule has 0 radical (unpaired) electrons. The van der Waals surface area contributed by atoms with Crippen LogP contribution in [0.4, 0.5) is 0 Å². The molecule has 2 bridgehead atoms. The number of para-hydroxylation sites is 1. The van der Waals surface area contributed by atoms with E-state index in [1.807, 2.05) is 24.3 Å². The van der Waals surface area contributed by atoms with Crippen LogP contribution in [-0.4, -0.2) is 33.7 Å². The number of ether oxygens (including phenoxy) is 1. The molecule has 3 aliphatic heterocycles. The molecule has 0 amide bonds. The SMILES string of the molecule is COc1ccccc1[B-]12OCC(C)(CO1)CO2.[K+]. The van der Waals surface area contributed by atoms with Crippen molar-refractivity contribution in [1.29, 1.82) is 0 Å². The minimum Gasteiger partial charge on any atom is -0.540 e. The monoisotopic (exact) mass is 274 g/mol. The Labute approximate surface area is 150 Å². The van der Waals surface area contributed by atoms with E-state index in [4.69, 9.17) is 18.7 Å². The van der Waals surface area contributed by atoms with E-state index < -0.39 is 6.75 Å². The van der Waals surface area contributed by atoms with Crippen molar-refractivity contribution < 1.29 is 70.1 Å². The second kappa shape index (κ2) is 5.54. The summed E-state index contributed by atoms with van der Waals surface area (Å²) in [6, 6.07) is 7.69. The largest absolute Gasteiger partial charge is 1.00 e. The summed E-state index contributed by atoms with van der Waals surface area (Å²) in [6.45, 7) is 2.31. The average molecular weight is 274 g/mol. The van der Waals surface area contributed by atoms with Gasteiger partial charge in [0.2, 0.25) is 0 Å². The Morgan fingerprint density at radius 1 is 1.11 bits per heavy atom. The van der Waals surface area contributed by atoms with Gasteiger partial charge in [-0.15, -0.1) is 0 Å². The number of methoxy groups -OCH3 is 1. The van der Waals surface area contributed by atoms with E-state index in [-0.39, 0.29) is 56.8 Å². The van der Waals surface area contributed by atoms with Gasteiger partial charge in [-0.3, -0.25) is 0 Å². The van der Waals surface area contributed by atoms with Crippen LogP contribution < -0.4 is 61.6 Å². The predicted octanol–water partition coefficient (Wildman–Crippen LogP) is -2.07. The second-order valence-electron chi connectivity index (χ2n) is 5.13. The van der Waals surface area contributed by atoms with Crippen LogP contribution in [0.15, 0.2) is 24.3 Å². The number of benzene rings is 1. The first-order chi connectivity index (χ1) is 8.18. The van der Waals surface area contributed by atoms with Crippen molar-refractivity contribution in [2.75, 3.05) is 26.9 Å². The summed E-state index contributed by atoms with van der Waals surface area (Å²) in [6.07, 6.45) is 0. The van der Waals surface area contributed by atoms with E-state index in [2.05, 4.69) is 6.92 Å². The van der Waals surface area contributed by atoms with Gasteiger partial charge in [-0.25, -0.2) is 0 Å². The minimum absolute atomic E-state index is 0. The van der Waals surface area contributed by atoms with E-state index in [1.165, 1.54) is 0 Å². The Morgan fingerprint density at radius 3 is 2.22 bits per heavy atom. The summed E-state index contributed by atoms with van der Waals surface area (Å²) in [4.78, 5) is 0. The summed E-state index contributed by atoms with van der Waals surface area (Å²) in [5.41, 5.74) is 0.850. The molecule has 0 unspecified atom stereocenters. The van der Waals surface area contributed by atoms with Gasteiger partial charge in [-0.2, -0.15) is 0 Å². The van der Waals surface area contributed by atoms with Crippen molar-refractivity contribution in [3.63, 3.8) is 0 Å². The normalized spacial score (nSPS) is 33.9. The molecular weight excluding hydrogens is 258 g/mol. The Bertz CT molecular complexity index is 415. The summed E-state index contributed by atoms with van der Waals surface area (Å²) < 4.78 is 22.8. The smallest absolute Gasteiger partial charge is 0.540 e. The van der Waals surface area contributed by atoms with Gasteiger partial charge in [0, 0.05) is 25.2 Å². The maximum Gasteiger partial charge on any atom is 1.00 e. The van der Waals surface area contributed by atoms with Crippen LogP contribution >= 0.6 is 0 Å².